The van der Waals surface area contributed by atoms with Crippen LogP contribution in [0.25, 0.3) is 0 Å². The predicted molar refractivity (Wildman–Crippen MR) is 85.8 cm³/mol. The number of nitrogens with one attached hydrogen (secondary N) is 1. The Hall–Kier alpha value is -1.66. The van der Waals surface area contributed by atoms with Gasteiger partial charge in [0.25, 0.3) is 0 Å². The average molecular weight is 321 g/mol. The standard InChI is InChI=1S/C17H24FN3O2/c1-12(19-17(22)23)13-4-5-14(16(18)9-13)10-20-7-8-21-6-2-3-15(21)11-20/h4-5,9,12,15,19H,2-3,6-8,10-11H2,1H3,(H,22,23)/t12-,15?/m0/s1. The van der Waals surface area contributed by atoms with Crippen molar-refractivity contribution in [1.29, 1.82) is 0 Å². The Balaban J connectivity index is 1.63. The number of benzene rings is 1. The fourth-order valence-electron chi connectivity index (χ4n) is 3.67. The molecule has 2 fully saturated rings. The lowest BCUT2D eigenvalue weighted by Gasteiger charge is -2.37. The first-order valence-corrected chi connectivity index (χ1v) is 8.27. The van der Waals surface area contributed by atoms with E-state index < -0.39 is 12.1 Å². The first kappa shape index (κ1) is 16.2. The molecule has 23 heavy (non-hydrogen) atoms. The molecule has 1 amide bonds. The van der Waals surface area contributed by atoms with Crippen LogP contribution in [0.5, 0.6) is 0 Å². The summed E-state index contributed by atoms with van der Waals surface area (Å²) in [6.45, 7) is 6.60. The zero-order valence-electron chi connectivity index (χ0n) is 13.5. The quantitative estimate of drug-likeness (QED) is 0.894. The van der Waals surface area contributed by atoms with Crippen molar-refractivity contribution >= 4 is 6.09 Å². The van der Waals surface area contributed by atoms with E-state index in [9.17, 15) is 9.18 Å². The first-order valence-electron chi connectivity index (χ1n) is 8.27. The van der Waals surface area contributed by atoms with E-state index in [2.05, 4.69) is 15.1 Å². The van der Waals surface area contributed by atoms with E-state index >= 15 is 0 Å². The van der Waals surface area contributed by atoms with Gasteiger partial charge in [0.2, 0.25) is 0 Å². The van der Waals surface area contributed by atoms with Crippen LogP contribution >= 0.6 is 0 Å². The van der Waals surface area contributed by atoms with Crippen LogP contribution < -0.4 is 5.32 Å². The fraction of sp³-hybridized carbons (Fsp3) is 0.588. The highest BCUT2D eigenvalue weighted by molar-refractivity contribution is 5.65. The minimum absolute atomic E-state index is 0.254. The van der Waals surface area contributed by atoms with Crippen molar-refractivity contribution in [3.63, 3.8) is 0 Å². The van der Waals surface area contributed by atoms with Crippen molar-refractivity contribution in [3.05, 3.63) is 35.1 Å². The zero-order valence-corrected chi connectivity index (χ0v) is 13.5. The molecule has 1 aromatic carbocycles. The molecular weight excluding hydrogens is 297 g/mol. The van der Waals surface area contributed by atoms with Crippen LogP contribution in [0, 0.1) is 5.82 Å². The van der Waals surface area contributed by atoms with Gasteiger partial charge in [0.1, 0.15) is 5.82 Å². The van der Waals surface area contributed by atoms with E-state index in [1.165, 1.54) is 25.5 Å². The Labute approximate surface area is 136 Å². The Morgan fingerprint density at radius 3 is 3.00 bits per heavy atom. The first-order chi connectivity index (χ1) is 11.0. The molecular formula is C17H24FN3O2. The lowest BCUT2D eigenvalue weighted by molar-refractivity contribution is 0.0985. The molecule has 5 nitrogen and oxygen atoms in total. The van der Waals surface area contributed by atoms with Crippen molar-refractivity contribution in [3.8, 4) is 0 Å². The van der Waals surface area contributed by atoms with Gasteiger partial charge in [-0.25, -0.2) is 9.18 Å². The highest BCUT2D eigenvalue weighted by Crippen LogP contribution is 2.24. The molecule has 0 aliphatic carbocycles. The van der Waals surface area contributed by atoms with Crippen LogP contribution in [-0.4, -0.2) is 53.2 Å². The average Bonchev–Trinajstić information content (AvgIpc) is 2.96. The summed E-state index contributed by atoms with van der Waals surface area (Å²) >= 11 is 0. The number of hydrogen-bond donors (Lipinski definition) is 2. The van der Waals surface area contributed by atoms with Gasteiger partial charge in [0.05, 0.1) is 6.04 Å². The highest BCUT2D eigenvalue weighted by Gasteiger charge is 2.30. The number of halogens is 1. The largest absolute Gasteiger partial charge is 0.465 e. The zero-order chi connectivity index (χ0) is 16.4. The van der Waals surface area contributed by atoms with Crippen molar-refractivity contribution in [1.82, 2.24) is 15.1 Å². The van der Waals surface area contributed by atoms with Crippen LogP contribution in [0.2, 0.25) is 0 Å². The lowest BCUT2D eigenvalue weighted by Crippen LogP contribution is -2.49. The van der Waals surface area contributed by atoms with Gasteiger partial charge in [-0.1, -0.05) is 12.1 Å². The van der Waals surface area contributed by atoms with Crippen molar-refractivity contribution in [2.45, 2.75) is 38.4 Å². The molecule has 0 bridgehead atoms. The molecule has 2 heterocycles. The Morgan fingerprint density at radius 2 is 2.26 bits per heavy atom. The van der Waals surface area contributed by atoms with E-state index in [0.717, 1.165) is 19.6 Å². The monoisotopic (exact) mass is 321 g/mol. The van der Waals surface area contributed by atoms with Gasteiger partial charge in [-0.2, -0.15) is 0 Å². The van der Waals surface area contributed by atoms with Crippen LogP contribution in [0.4, 0.5) is 9.18 Å². The van der Waals surface area contributed by atoms with E-state index in [0.29, 0.717) is 23.7 Å². The number of fused-ring (bicyclic) bond motifs is 1. The molecule has 126 valence electrons. The number of hydrogen-bond acceptors (Lipinski definition) is 3. The van der Waals surface area contributed by atoms with Gasteiger partial charge in [-0.05, 0) is 37.9 Å². The second kappa shape index (κ2) is 6.84. The Morgan fingerprint density at radius 1 is 1.43 bits per heavy atom. The molecule has 2 N–H and O–H groups in total. The van der Waals surface area contributed by atoms with Gasteiger partial charge < -0.3 is 10.4 Å². The minimum atomic E-state index is -1.10. The number of carbonyl (C=O) groups is 1. The molecule has 3 rings (SSSR count). The summed E-state index contributed by atoms with van der Waals surface area (Å²) in [6.07, 6.45) is 1.42. The summed E-state index contributed by atoms with van der Waals surface area (Å²) in [5.41, 5.74) is 1.33. The van der Waals surface area contributed by atoms with Gasteiger partial charge in [-0.15, -0.1) is 0 Å². The van der Waals surface area contributed by atoms with Gasteiger partial charge >= 0.3 is 6.09 Å². The molecule has 0 aromatic heterocycles. The summed E-state index contributed by atoms with van der Waals surface area (Å²) < 4.78 is 14.4. The number of nitrogens with zero attached hydrogens (tertiary/aromatic N) is 2. The van der Waals surface area contributed by atoms with E-state index in [-0.39, 0.29) is 5.82 Å². The SMILES string of the molecule is C[C@H](NC(=O)O)c1ccc(CN2CCN3CCCC3C2)c(F)c1. The molecule has 0 radical (unpaired) electrons. The Kier molecular flexibility index (Phi) is 4.82. The molecule has 2 atom stereocenters. The predicted octanol–water partition coefficient (Wildman–Crippen LogP) is 2.43. The smallest absolute Gasteiger partial charge is 0.405 e. The minimum Gasteiger partial charge on any atom is -0.465 e. The second-order valence-corrected chi connectivity index (χ2v) is 6.59. The van der Waals surface area contributed by atoms with E-state index in [1.54, 1.807) is 13.0 Å². The number of piperazine rings is 1. The molecule has 6 heteroatoms. The van der Waals surface area contributed by atoms with Gasteiger partial charge in [0.15, 0.2) is 0 Å². The van der Waals surface area contributed by atoms with Crippen molar-refractivity contribution in [2.75, 3.05) is 26.2 Å². The number of carboxylic acid groups (broad SMARTS) is 1. The maximum absolute atomic E-state index is 14.4. The highest BCUT2D eigenvalue weighted by atomic mass is 19.1. The third-order valence-electron chi connectivity index (χ3n) is 4.98. The van der Waals surface area contributed by atoms with Crippen LogP contribution in [0.3, 0.4) is 0 Å². The summed E-state index contributed by atoms with van der Waals surface area (Å²) in [4.78, 5) is 15.5. The lowest BCUT2D eigenvalue weighted by atomic mass is 10.0. The third-order valence-corrected chi connectivity index (χ3v) is 4.98. The van der Waals surface area contributed by atoms with E-state index in [1.807, 2.05) is 6.07 Å². The number of rotatable bonds is 4. The topological polar surface area (TPSA) is 55.8 Å². The van der Waals surface area contributed by atoms with Crippen molar-refractivity contribution < 1.29 is 14.3 Å². The molecule has 0 saturated carbocycles. The van der Waals surface area contributed by atoms with Gasteiger partial charge in [0, 0.05) is 37.8 Å². The number of amides is 1. The molecule has 2 aliphatic heterocycles. The molecule has 2 aliphatic rings. The third kappa shape index (κ3) is 3.82. The van der Waals surface area contributed by atoms with Crippen LogP contribution in [-0.2, 0) is 6.54 Å². The molecule has 2 saturated heterocycles. The normalized spacial score (nSPS) is 23.5. The van der Waals surface area contributed by atoms with E-state index in [4.69, 9.17) is 5.11 Å². The second-order valence-electron chi connectivity index (χ2n) is 6.59. The van der Waals surface area contributed by atoms with Crippen LogP contribution in [0.1, 0.15) is 36.9 Å². The van der Waals surface area contributed by atoms with Gasteiger partial charge in [-0.3, -0.25) is 9.80 Å². The molecule has 0 spiro atoms. The Bertz CT molecular complexity index is 581. The maximum Gasteiger partial charge on any atom is 0.405 e. The maximum atomic E-state index is 14.4. The fourth-order valence-corrected chi connectivity index (χ4v) is 3.67. The molecule has 1 unspecified atom stereocenters. The molecule has 1 aromatic rings. The summed E-state index contributed by atoms with van der Waals surface area (Å²) in [6, 6.07) is 5.25. The summed E-state index contributed by atoms with van der Waals surface area (Å²) in [7, 11) is 0. The summed E-state index contributed by atoms with van der Waals surface area (Å²) in [5, 5.41) is 11.1. The summed E-state index contributed by atoms with van der Waals surface area (Å²) in [5.74, 6) is -0.254. The van der Waals surface area contributed by atoms with Crippen LogP contribution in [0.15, 0.2) is 18.2 Å². The van der Waals surface area contributed by atoms with Crippen molar-refractivity contribution in [2.24, 2.45) is 0 Å².